The van der Waals surface area contributed by atoms with Crippen LogP contribution < -0.4 is 64.3 Å². The third-order valence-corrected chi connectivity index (χ3v) is 10.9. The summed E-state index contributed by atoms with van der Waals surface area (Å²) in [5.41, 5.74) is 13.4. The summed E-state index contributed by atoms with van der Waals surface area (Å²) in [6, 6.07) is 38.9. The van der Waals surface area contributed by atoms with Crippen LogP contribution in [-0.2, 0) is 0 Å². The SMILES string of the molecule is COc1cccc2c(C#N)nccc12.COc1cccc2c(C(=O)O)nccc12.COc1cccc2c[n+]([O-])ccc12.COc1cccc2cnccc12.C[Si](C)(C)C#N.Oc1cccc2cnccc12.[N-]=NNNN=O.[Na+]. The van der Waals surface area contributed by atoms with Crippen molar-refractivity contribution in [2.75, 3.05) is 28.4 Å². The Hall–Kier alpha value is -9.58. The molecular formula is C55H53N12NaO9Si. The minimum Gasteiger partial charge on any atom is -0.619 e. The van der Waals surface area contributed by atoms with Crippen LogP contribution in [0.5, 0.6) is 28.7 Å². The van der Waals surface area contributed by atoms with Crippen molar-refractivity contribution in [1.82, 2.24) is 31.0 Å². The van der Waals surface area contributed by atoms with E-state index in [1.54, 1.807) is 113 Å². The Labute approximate surface area is 472 Å². The van der Waals surface area contributed by atoms with Gasteiger partial charge in [0.05, 0.1) is 39.1 Å². The zero-order valence-corrected chi connectivity index (χ0v) is 46.9. The van der Waals surface area contributed by atoms with Gasteiger partial charge in [0, 0.05) is 97.4 Å². The number of pyridine rings is 5. The molecule has 0 bridgehead atoms. The van der Waals surface area contributed by atoms with Crippen LogP contribution in [0.15, 0.2) is 181 Å². The predicted molar refractivity (Wildman–Crippen MR) is 296 cm³/mol. The number of hydrogen-bond donors (Lipinski definition) is 4. The second-order valence-electron chi connectivity index (χ2n) is 16.3. The van der Waals surface area contributed by atoms with Gasteiger partial charge in [-0.2, -0.15) is 9.99 Å². The first kappa shape index (κ1) is 62.7. The molecule has 0 aliphatic heterocycles. The van der Waals surface area contributed by atoms with E-state index in [1.165, 1.54) is 18.6 Å². The molecule has 10 rings (SSSR count). The van der Waals surface area contributed by atoms with E-state index < -0.39 is 14.0 Å². The minimum atomic E-state index is -1.33. The summed E-state index contributed by atoms with van der Waals surface area (Å²) < 4.78 is 21.5. The number of aromatic hydroxyl groups is 1. The number of carboxylic acids is 1. The average molecular weight is 1080 g/mol. The predicted octanol–water partition coefficient (Wildman–Crippen LogP) is 7.81. The monoisotopic (exact) mass is 1080 g/mol. The summed E-state index contributed by atoms with van der Waals surface area (Å²) in [5.74, 6) is 2.38. The molecule has 5 heterocycles. The molecule has 4 N–H and O–H groups in total. The van der Waals surface area contributed by atoms with Crippen LogP contribution >= 0.6 is 0 Å². The van der Waals surface area contributed by atoms with Crippen molar-refractivity contribution in [2.24, 2.45) is 10.5 Å². The minimum absolute atomic E-state index is 0. The fourth-order valence-electron chi connectivity index (χ4n) is 6.75. The number of ether oxygens (including phenoxy) is 4. The number of hydrazine groups is 1. The van der Waals surface area contributed by atoms with Gasteiger partial charge in [-0.1, -0.05) is 74.2 Å². The molecule has 0 atom stereocenters. The molecule has 0 aliphatic carbocycles. The van der Waals surface area contributed by atoms with Gasteiger partial charge in [-0.15, -0.1) is 4.91 Å². The Balaban J connectivity index is 0.000000244. The number of methoxy groups -OCH3 is 4. The number of nitrogens with one attached hydrogen (secondary N) is 2. The van der Waals surface area contributed by atoms with Crippen LogP contribution in [0.25, 0.3) is 59.4 Å². The van der Waals surface area contributed by atoms with Crippen LogP contribution in [0.4, 0.5) is 0 Å². The van der Waals surface area contributed by atoms with E-state index in [0.29, 0.717) is 22.6 Å². The second kappa shape index (κ2) is 32.7. The van der Waals surface area contributed by atoms with Gasteiger partial charge < -0.3 is 45.4 Å². The molecule has 0 fully saturated rings. The summed E-state index contributed by atoms with van der Waals surface area (Å²) in [7, 11) is 5.13. The summed E-state index contributed by atoms with van der Waals surface area (Å²) in [5, 5.41) is 59.6. The molecular weight excluding hydrogens is 1020 g/mol. The second-order valence-corrected chi connectivity index (χ2v) is 21.0. The third-order valence-electron chi connectivity index (χ3n) is 10.3. The van der Waals surface area contributed by atoms with Gasteiger partial charge in [0.15, 0.2) is 26.2 Å². The molecule has 0 unspecified atom stereocenters. The zero-order chi connectivity index (χ0) is 56.2. The van der Waals surface area contributed by atoms with Gasteiger partial charge in [0.1, 0.15) is 40.5 Å². The fraction of sp³-hybridized carbons (Fsp3) is 0.127. The maximum Gasteiger partial charge on any atom is 1.00 e. The molecule has 0 amide bonds. The number of rotatable bonds is 8. The van der Waals surface area contributed by atoms with Gasteiger partial charge in [-0.3, -0.25) is 15.2 Å². The Bertz CT molecular complexity index is 3640. The maximum absolute atomic E-state index is 11.0. The van der Waals surface area contributed by atoms with Crippen molar-refractivity contribution >= 4 is 67.9 Å². The van der Waals surface area contributed by atoms with E-state index in [4.69, 9.17) is 45.0 Å². The van der Waals surface area contributed by atoms with Crippen LogP contribution in [0.1, 0.15) is 16.2 Å². The van der Waals surface area contributed by atoms with Crippen molar-refractivity contribution in [2.45, 2.75) is 19.6 Å². The molecule has 5 aromatic carbocycles. The van der Waals surface area contributed by atoms with Gasteiger partial charge in [0.25, 0.3) is 0 Å². The molecule has 21 nitrogen and oxygen atoms in total. The number of carboxylic acid groups (broad SMARTS) is 1. The van der Waals surface area contributed by atoms with E-state index in [2.05, 4.69) is 42.2 Å². The first-order valence-electron chi connectivity index (χ1n) is 22.8. The third kappa shape index (κ3) is 18.7. The Kier molecular flexibility index (Phi) is 26.3. The van der Waals surface area contributed by atoms with Crippen LogP contribution in [-0.4, -0.2) is 72.6 Å². The summed E-state index contributed by atoms with van der Waals surface area (Å²) in [6.45, 7) is 6.06. The van der Waals surface area contributed by atoms with E-state index in [-0.39, 0.29) is 35.3 Å². The number of phenolic OH excluding ortho intramolecular Hbond substituents is 1. The topological polar surface area (TPSA) is 309 Å². The largest absolute Gasteiger partial charge is 1.00 e. The molecule has 78 heavy (non-hydrogen) atoms. The number of aromatic nitrogens is 5. The van der Waals surface area contributed by atoms with Crippen LogP contribution in [0.3, 0.4) is 0 Å². The Morgan fingerprint density at radius 3 is 1.56 bits per heavy atom. The van der Waals surface area contributed by atoms with Crippen molar-refractivity contribution in [3.8, 4) is 40.5 Å². The molecule has 10 aromatic rings. The quantitative estimate of drug-likeness (QED) is 0.0214. The van der Waals surface area contributed by atoms with E-state index in [1.807, 2.05) is 98.6 Å². The van der Waals surface area contributed by atoms with Crippen molar-refractivity contribution in [3.63, 3.8) is 0 Å². The molecule has 5 aromatic heterocycles. The van der Waals surface area contributed by atoms with E-state index in [0.717, 1.165) is 70.5 Å². The normalized spacial score (nSPS) is 9.65. The number of nitroso groups, excluding NO2 is 1. The number of nitrogens with zero attached hydrogens (tertiary/aromatic N) is 10. The molecule has 0 aliphatic rings. The van der Waals surface area contributed by atoms with Crippen molar-refractivity contribution < 1.29 is 68.2 Å². The molecule has 23 heteroatoms. The number of fused-ring (bicyclic) bond motifs is 5. The van der Waals surface area contributed by atoms with Gasteiger partial charge in [0.2, 0.25) is 0 Å². The Morgan fingerprint density at radius 2 is 1.08 bits per heavy atom. The first-order chi connectivity index (χ1) is 37.2. The Morgan fingerprint density at radius 1 is 0.628 bits per heavy atom. The number of phenols is 1. The standard InChI is InChI=1S/C11H8N2O.C11H9NO3.C10H9NO2.C10H9NO.C9H7NO.C4H9NSi.H2N5O.Na/c1-14-11-4-2-3-8-9(11)5-6-13-10(8)7-12;1-15-9-4-2-3-8-7(9)5-6-12-10(8)11(13)14;1-13-10-4-2-3-8-7-11(12)6-5-9(8)10;1-12-10-4-2-3-8-7-11-6-5-9(8)10;11-9-3-1-2-7-6-10-5-4-8(7)9;1-6(2,3)4-5;1-2-3-4-5-6;/h2-6H,1H3;2-6H,1H3,(H,13,14);2-7H,1H3;2-7H,1H3;1-6,11H;1-3H3;(H2-,1,2,3,4,5,6);/q;;;;;;-1;+1. The van der Waals surface area contributed by atoms with Crippen molar-refractivity contribution in [3.05, 3.63) is 198 Å². The van der Waals surface area contributed by atoms with E-state index in [9.17, 15) is 15.1 Å². The van der Waals surface area contributed by atoms with Gasteiger partial charge in [-0.25, -0.2) is 25.6 Å². The summed E-state index contributed by atoms with van der Waals surface area (Å²) in [6.07, 6.45) is 13.1. The van der Waals surface area contributed by atoms with Crippen molar-refractivity contribution in [1.29, 1.82) is 10.5 Å². The average Bonchev–Trinajstić information content (AvgIpc) is 3.46. The molecule has 392 valence electrons. The maximum atomic E-state index is 11.0. The number of nitriles is 2. The van der Waals surface area contributed by atoms with Crippen LogP contribution in [0.2, 0.25) is 19.6 Å². The van der Waals surface area contributed by atoms with Gasteiger partial charge >= 0.3 is 35.5 Å². The van der Waals surface area contributed by atoms with Gasteiger partial charge in [-0.05, 0) is 60.7 Å². The molecule has 0 radical (unpaired) electrons. The number of aromatic carboxylic acids is 1. The van der Waals surface area contributed by atoms with Crippen LogP contribution in [0, 0.1) is 32.4 Å². The number of carbonyl (C=O) groups is 1. The first-order valence-corrected chi connectivity index (χ1v) is 26.3. The zero-order valence-electron chi connectivity index (χ0n) is 43.9. The molecule has 0 saturated heterocycles. The summed E-state index contributed by atoms with van der Waals surface area (Å²) >= 11 is 0. The molecule has 0 saturated carbocycles. The summed E-state index contributed by atoms with van der Waals surface area (Å²) in [4.78, 5) is 35.7. The smallest absolute Gasteiger partial charge is 0.619 e. The van der Waals surface area contributed by atoms with E-state index >= 15 is 0 Å². The number of benzene rings is 5. The fourth-order valence-corrected chi connectivity index (χ4v) is 6.75. The number of hydrogen-bond acceptors (Lipinski definition) is 16. The molecule has 0 spiro atoms.